The molecule has 9 heteroatoms. The second-order valence-electron chi connectivity index (χ2n) is 8.51. The minimum atomic E-state index is -0.519. The number of aromatic nitrogens is 2. The smallest absolute Gasteiger partial charge is 0.408 e. The maximum Gasteiger partial charge on any atom is 0.408 e. The van der Waals surface area contributed by atoms with Crippen molar-refractivity contribution in [1.29, 1.82) is 0 Å². The molecule has 0 saturated carbocycles. The van der Waals surface area contributed by atoms with Gasteiger partial charge in [-0.1, -0.05) is 0 Å². The van der Waals surface area contributed by atoms with Crippen molar-refractivity contribution in [2.75, 3.05) is 19.6 Å². The number of nitrogens with one attached hydrogen (secondary N) is 3. The molecule has 0 bridgehead atoms. The van der Waals surface area contributed by atoms with Crippen molar-refractivity contribution in [3.63, 3.8) is 0 Å². The Morgan fingerprint density at radius 1 is 1.21 bits per heavy atom. The summed E-state index contributed by atoms with van der Waals surface area (Å²) in [6.45, 7) is 16.5. The predicted octanol–water partition coefficient (Wildman–Crippen LogP) is 3.45. The largest absolute Gasteiger partial charge is 0.444 e. The van der Waals surface area contributed by atoms with Gasteiger partial charge in [0.15, 0.2) is 5.96 Å². The Morgan fingerprint density at radius 3 is 2.45 bits per heavy atom. The van der Waals surface area contributed by atoms with Crippen molar-refractivity contribution in [2.45, 2.75) is 79.0 Å². The van der Waals surface area contributed by atoms with Crippen LogP contribution in [0.25, 0.3) is 0 Å². The number of guanidine groups is 1. The first kappa shape index (κ1) is 27.5. The third-order valence-corrected chi connectivity index (χ3v) is 3.86. The molecule has 0 aliphatic carbocycles. The molecule has 1 heterocycles. The maximum absolute atomic E-state index is 12.0. The average molecular weight is 522 g/mol. The van der Waals surface area contributed by atoms with Crippen molar-refractivity contribution in [2.24, 2.45) is 4.99 Å². The third-order valence-electron chi connectivity index (χ3n) is 3.86. The summed E-state index contributed by atoms with van der Waals surface area (Å²) >= 11 is 0. The van der Waals surface area contributed by atoms with Gasteiger partial charge in [-0.15, -0.1) is 24.0 Å². The van der Waals surface area contributed by atoms with Gasteiger partial charge >= 0.3 is 6.09 Å². The van der Waals surface area contributed by atoms with Crippen molar-refractivity contribution in [3.05, 3.63) is 18.2 Å². The molecular weight excluding hydrogens is 483 g/mol. The highest BCUT2D eigenvalue weighted by Crippen LogP contribution is 2.09. The van der Waals surface area contributed by atoms with Gasteiger partial charge in [-0.25, -0.2) is 9.78 Å². The zero-order valence-corrected chi connectivity index (χ0v) is 21.3. The molecule has 0 aliphatic heterocycles. The third kappa shape index (κ3) is 12.6. The van der Waals surface area contributed by atoms with E-state index in [0.717, 1.165) is 44.3 Å². The average Bonchev–Trinajstić information content (AvgIpc) is 2.95. The zero-order valence-electron chi connectivity index (χ0n) is 19.0. The van der Waals surface area contributed by atoms with Gasteiger partial charge in [0.2, 0.25) is 0 Å². The molecule has 0 fully saturated rings. The van der Waals surface area contributed by atoms with Crippen molar-refractivity contribution < 1.29 is 9.53 Å². The van der Waals surface area contributed by atoms with E-state index in [1.54, 1.807) is 0 Å². The fourth-order valence-corrected chi connectivity index (χ4v) is 2.49. The number of carbonyl (C=O) groups excluding carboxylic acids is 1. The minimum Gasteiger partial charge on any atom is -0.444 e. The van der Waals surface area contributed by atoms with E-state index in [9.17, 15) is 4.79 Å². The second-order valence-corrected chi connectivity index (χ2v) is 8.51. The van der Waals surface area contributed by atoms with Gasteiger partial charge in [-0.2, -0.15) is 0 Å². The second kappa shape index (κ2) is 12.9. The quantitative estimate of drug-likeness (QED) is 0.200. The van der Waals surface area contributed by atoms with E-state index in [4.69, 9.17) is 4.74 Å². The molecule has 1 rings (SSSR count). The maximum atomic E-state index is 12.0. The number of amides is 1. The number of unbranched alkanes of at least 4 members (excludes halogenated alkanes) is 1. The van der Waals surface area contributed by atoms with E-state index in [0.29, 0.717) is 6.54 Å². The number of alkyl carbamates (subject to hydrolysis) is 1. The molecule has 0 spiro atoms. The number of imidazole rings is 1. The number of hydrogen-bond acceptors (Lipinski definition) is 4. The monoisotopic (exact) mass is 522 g/mol. The van der Waals surface area contributed by atoms with Crippen LogP contribution >= 0.6 is 24.0 Å². The summed E-state index contributed by atoms with van der Waals surface area (Å²) in [5.41, 5.74) is -1.03. The Morgan fingerprint density at radius 2 is 1.90 bits per heavy atom. The molecule has 0 unspecified atom stereocenters. The standard InChI is InChI=1S/C20H38N6O2.HI/c1-8-21-17(23-11-9-10-13-26-14-12-22-16(26)2)24-15-20(6,7)25-18(27)28-19(3,4)5;/h12,14H,8-11,13,15H2,1-7H3,(H,25,27)(H2,21,23,24);1H. The fraction of sp³-hybridized carbons (Fsp3) is 0.750. The lowest BCUT2D eigenvalue weighted by molar-refractivity contribution is 0.0476. The van der Waals surface area contributed by atoms with Crippen LogP contribution in [0.2, 0.25) is 0 Å². The van der Waals surface area contributed by atoms with Gasteiger partial charge in [0.1, 0.15) is 11.4 Å². The molecule has 0 saturated heterocycles. The Labute approximate surface area is 192 Å². The fourth-order valence-electron chi connectivity index (χ4n) is 2.49. The van der Waals surface area contributed by atoms with Crippen molar-refractivity contribution in [3.8, 4) is 0 Å². The van der Waals surface area contributed by atoms with Crippen LogP contribution in [0, 0.1) is 6.92 Å². The van der Waals surface area contributed by atoms with Crippen LogP contribution in [0.5, 0.6) is 0 Å². The van der Waals surface area contributed by atoms with Gasteiger partial charge in [0.05, 0.1) is 12.1 Å². The molecule has 0 radical (unpaired) electrons. The first-order chi connectivity index (χ1) is 13.0. The normalized spacial score (nSPS) is 12.2. The first-order valence-electron chi connectivity index (χ1n) is 10.0. The van der Waals surface area contributed by atoms with Gasteiger partial charge in [-0.05, 0) is 61.3 Å². The van der Waals surface area contributed by atoms with Crippen LogP contribution in [-0.2, 0) is 11.3 Å². The molecule has 1 amide bonds. The van der Waals surface area contributed by atoms with E-state index in [1.165, 1.54) is 0 Å². The van der Waals surface area contributed by atoms with Crippen LogP contribution in [0.15, 0.2) is 17.4 Å². The highest BCUT2D eigenvalue weighted by molar-refractivity contribution is 14.0. The number of aliphatic imine (C=N–C) groups is 1. The van der Waals surface area contributed by atoms with Gasteiger partial charge < -0.3 is 25.3 Å². The van der Waals surface area contributed by atoms with Gasteiger partial charge in [0.25, 0.3) is 0 Å². The summed E-state index contributed by atoms with van der Waals surface area (Å²) in [7, 11) is 0. The van der Waals surface area contributed by atoms with Crippen molar-refractivity contribution >= 4 is 36.0 Å². The van der Waals surface area contributed by atoms with E-state index < -0.39 is 17.2 Å². The molecule has 8 nitrogen and oxygen atoms in total. The van der Waals surface area contributed by atoms with E-state index in [-0.39, 0.29) is 24.0 Å². The van der Waals surface area contributed by atoms with Crippen LogP contribution in [0.4, 0.5) is 4.79 Å². The SMILES string of the molecule is CCNC(=NCC(C)(C)NC(=O)OC(C)(C)C)NCCCCn1ccnc1C.I. The van der Waals surface area contributed by atoms with Gasteiger partial charge in [0, 0.05) is 32.0 Å². The summed E-state index contributed by atoms with van der Waals surface area (Å²) < 4.78 is 7.48. The Balaban J connectivity index is 0.00000784. The van der Waals surface area contributed by atoms with Crippen LogP contribution in [0.1, 0.15) is 60.2 Å². The summed E-state index contributed by atoms with van der Waals surface area (Å²) in [4.78, 5) is 20.8. The first-order valence-corrected chi connectivity index (χ1v) is 10.0. The number of nitrogens with zero attached hydrogens (tertiary/aromatic N) is 3. The van der Waals surface area contributed by atoms with E-state index in [2.05, 4.69) is 30.5 Å². The summed E-state index contributed by atoms with van der Waals surface area (Å²) in [6.07, 6.45) is 5.50. The molecule has 0 atom stereocenters. The Bertz CT molecular complexity index is 637. The minimum absolute atomic E-state index is 0. The number of halogens is 1. The van der Waals surface area contributed by atoms with Crippen LogP contribution in [-0.4, -0.2) is 52.4 Å². The molecule has 168 valence electrons. The number of aryl methyl sites for hydroxylation is 2. The number of ether oxygens (including phenoxy) is 1. The molecule has 0 aliphatic rings. The summed E-state index contributed by atoms with van der Waals surface area (Å²) in [5.74, 6) is 1.79. The summed E-state index contributed by atoms with van der Waals surface area (Å²) in [5, 5.41) is 9.46. The van der Waals surface area contributed by atoms with Crippen LogP contribution in [0.3, 0.4) is 0 Å². The van der Waals surface area contributed by atoms with Crippen molar-refractivity contribution in [1.82, 2.24) is 25.5 Å². The molecule has 1 aromatic heterocycles. The number of rotatable bonds is 9. The highest BCUT2D eigenvalue weighted by atomic mass is 127. The lowest BCUT2D eigenvalue weighted by Crippen LogP contribution is -2.49. The van der Waals surface area contributed by atoms with Gasteiger partial charge in [-0.3, -0.25) is 4.99 Å². The summed E-state index contributed by atoms with van der Waals surface area (Å²) in [6, 6.07) is 0. The number of carbonyl (C=O) groups is 1. The van der Waals surface area contributed by atoms with Crippen LogP contribution < -0.4 is 16.0 Å². The Kier molecular flexibility index (Phi) is 12.2. The Hall–Kier alpha value is -1.52. The molecule has 29 heavy (non-hydrogen) atoms. The molecular formula is C20H39IN6O2. The zero-order chi connectivity index (χ0) is 21.2. The molecule has 3 N–H and O–H groups in total. The highest BCUT2D eigenvalue weighted by Gasteiger charge is 2.24. The molecule has 0 aromatic carbocycles. The van der Waals surface area contributed by atoms with E-state index >= 15 is 0 Å². The van der Waals surface area contributed by atoms with E-state index in [1.807, 2.05) is 60.9 Å². The lowest BCUT2D eigenvalue weighted by Gasteiger charge is -2.27. The predicted molar refractivity (Wildman–Crippen MR) is 129 cm³/mol. The lowest BCUT2D eigenvalue weighted by atomic mass is 10.1. The topological polar surface area (TPSA) is 92.6 Å². The molecule has 1 aromatic rings. The number of hydrogen-bond donors (Lipinski definition) is 3.